The largest absolute Gasteiger partial charge is 0.354 e. The van der Waals surface area contributed by atoms with Crippen LogP contribution in [0.25, 0.3) is 22.2 Å². The van der Waals surface area contributed by atoms with Crippen molar-refractivity contribution in [1.29, 1.82) is 0 Å². The van der Waals surface area contributed by atoms with E-state index >= 15 is 0 Å². The van der Waals surface area contributed by atoms with Crippen molar-refractivity contribution in [2.75, 3.05) is 6.54 Å². The Bertz CT molecular complexity index is 1320. The highest BCUT2D eigenvalue weighted by Gasteiger charge is 2.40. The third kappa shape index (κ3) is 3.50. The number of carbonyl (C=O) groups excluding carboxylic acids is 1. The summed E-state index contributed by atoms with van der Waals surface area (Å²) < 4.78 is 0. The van der Waals surface area contributed by atoms with E-state index in [-0.39, 0.29) is 11.9 Å². The van der Waals surface area contributed by atoms with Crippen LogP contribution in [0.3, 0.4) is 0 Å². The van der Waals surface area contributed by atoms with Crippen LogP contribution in [0.15, 0.2) is 66.7 Å². The topological polar surface area (TPSA) is 36.1 Å². The molecule has 3 aromatic carbocycles. The van der Waals surface area contributed by atoms with Gasteiger partial charge in [-0.05, 0) is 48.2 Å². The molecule has 2 heterocycles. The second-order valence-electron chi connectivity index (χ2n) is 8.75. The van der Waals surface area contributed by atoms with Crippen molar-refractivity contribution in [1.82, 2.24) is 9.88 Å². The highest BCUT2D eigenvalue weighted by atomic mass is 35.5. The number of H-pyrrole nitrogens is 1. The summed E-state index contributed by atoms with van der Waals surface area (Å²) in [6.45, 7) is 5.07. The highest BCUT2D eigenvalue weighted by molar-refractivity contribution is 6.36. The monoisotopic (exact) mass is 462 g/mol. The number of benzene rings is 3. The lowest BCUT2D eigenvalue weighted by Crippen LogP contribution is -2.30. The normalized spacial score (nSPS) is 15.7. The molecule has 1 N–H and O–H groups in total. The number of para-hydroxylation sites is 1. The SMILES string of the molecule is CC(C)CCN1C(=O)c2ccccc2[C@H]1c1c(-c2ccc(Cl)cc2Cl)[nH]c2ccccc12. The van der Waals surface area contributed by atoms with Gasteiger partial charge in [0.05, 0.1) is 16.8 Å². The molecule has 32 heavy (non-hydrogen) atoms. The first-order chi connectivity index (χ1) is 15.5. The standard InChI is InChI=1S/C27H24Cl2N2O/c1-16(2)13-14-31-26(18-7-3-4-8-19(18)27(31)32)24-21-9-5-6-10-23(21)30-25(24)20-12-11-17(28)15-22(20)29/h3-12,15-16,26,30H,13-14H2,1-2H3/t26-/m0/s1. The minimum Gasteiger partial charge on any atom is -0.354 e. The molecule has 0 saturated heterocycles. The number of carbonyl (C=O) groups is 1. The summed E-state index contributed by atoms with van der Waals surface area (Å²) in [4.78, 5) is 19.1. The van der Waals surface area contributed by atoms with E-state index in [0.717, 1.165) is 45.3 Å². The zero-order chi connectivity index (χ0) is 22.4. The second kappa shape index (κ2) is 8.31. The lowest BCUT2D eigenvalue weighted by Gasteiger charge is -2.27. The Morgan fingerprint density at radius 2 is 1.72 bits per heavy atom. The highest BCUT2D eigenvalue weighted by Crippen LogP contribution is 2.46. The first-order valence-electron chi connectivity index (χ1n) is 10.9. The molecule has 1 aromatic heterocycles. The number of hydrogen-bond acceptors (Lipinski definition) is 1. The number of aromatic amines is 1. The molecule has 5 rings (SSSR count). The third-order valence-corrected chi connectivity index (χ3v) is 6.77. The van der Waals surface area contributed by atoms with Gasteiger partial charge in [0.15, 0.2) is 0 Å². The van der Waals surface area contributed by atoms with E-state index in [1.54, 1.807) is 6.07 Å². The zero-order valence-electron chi connectivity index (χ0n) is 18.0. The maximum absolute atomic E-state index is 13.5. The van der Waals surface area contributed by atoms with Crippen LogP contribution in [0.4, 0.5) is 0 Å². The van der Waals surface area contributed by atoms with Crippen LogP contribution < -0.4 is 0 Å². The van der Waals surface area contributed by atoms with Gasteiger partial charge in [-0.3, -0.25) is 4.79 Å². The summed E-state index contributed by atoms with van der Waals surface area (Å²) in [5, 5.41) is 2.27. The number of amides is 1. The van der Waals surface area contributed by atoms with Crippen LogP contribution in [0.2, 0.25) is 10.0 Å². The number of aromatic nitrogens is 1. The Hall–Kier alpha value is -2.75. The molecule has 3 nitrogen and oxygen atoms in total. The van der Waals surface area contributed by atoms with Crippen molar-refractivity contribution in [2.45, 2.75) is 26.3 Å². The van der Waals surface area contributed by atoms with Gasteiger partial charge in [0.25, 0.3) is 5.91 Å². The molecule has 0 aliphatic carbocycles. The van der Waals surface area contributed by atoms with Gasteiger partial charge in [-0.1, -0.05) is 73.4 Å². The second-order valence-corrected chi connectivity index (χ2v) is 9.60. The summed E-state index contributed by atoms with van der Waals surface area (Å²) in [6.07, 6.45) is 0.940. The van der Waals surface area contributed by atoms with E-state index in [4.69, 9.17) is 23.2 Å². The summed E-state index contributed by atoms with van der Waals surface area (Å²) >= 11 is 12.8. The lowest BCUT2D eigenvalue weighted by molar-refractivity contribution is 0.0743. The van der Waals surface area contributed by atoms with Crippen molar-refractivity contribution in [3.05, 3.63) is 93.5 Å². The molecule has 162 valence electrons. The number of halogens is 2. The van der Waals surface area contributed by atoms with Gasteiger partial charge >= 0.3 is 0 Å². The number of rotatable bonds is 5. The minimum atomic E-state index is -0.185. The zero-order valence-corrected chi connectivity index (χ0v) is 19.5. The molecule has 0 bridgehead atoms. The molecule has 1 aliphatic heterocycles. The smallest absolute Gasteiger partial charge is 0.255 e. The van der Waals surface area contributed by atoms with Gasteiger partial charge in [0, 0.05) is 39.2 Å². The summed E-state index contributed by atoms with van der Waals surface area (Å²) in [5.74, 6) is 0.588. The van der Waals surface area contributed by atoms with Gasteiger partial charge in [-0.15, -0.1) is 0 Å². The fourth-order valence-corrected chi connectivity index (χ4v) is 5.16. The van der Waals surface area contributed by atoms with Gasteiger partial charge in [0.2, 0.25) is 0 Å². The van der Waals surface area contributed by atoms with Gasteiger partial charge in [-0.2, -0.15) is 0 Å². The molecular weight excluding hydrogens is 439 g/mol. The number of fused-ring (bicyclic) bond motifs is 2. The van der Waals surface area contributed by atoms with Crippen molar-refractivity contribution in [3.63, 3.8) is 0 Å². The predicted molar refractivity (Wildman–Crippen MR) is 133 cm³/mol. The van der Waals surface area contributed by atoms with Crippen LogP contribution >= 0.6 is 23.2 Å². The number of hydrogen-bond donors (Lipinski definition) is 1. The van der Waals surface area contributed by atoms with Crippen LogP contribution in [0.5, 0.6) is 0 Å². The van der Waals surface area contributed by atoms with Crippen LogP contribution in [0.1, 0.15) is 47.8 Å². The fourth-order valence-electron chi connectivity index (χ4n) is 4.66. The predicted octanol–water partition coefficient (Wildman–Crippen LogP) is 7.73. The lowest BCUT2D eigenvalue weighted by atomic mass is 9.93. The molecule has 0 spiro atoms. The minimum absolute atomic E-state index is 0.0877. The van der Waals surface area contributed by atoms with Crippen molar-refractivity contribution < 1.29 is 4.79 Å². The first kappa shape index (κ1) is 21.1. The average Bonchev–Trinajstić information content (AvgIpc) is 3.27. The molecule has 0 fully saturated rings. The van der Waals surface area contributed by atoms with Crippen LogP contribution in [0, 0.1) is 5.92 Å². The Balaban J connectivity index is 1.77. The molecule has 0 radical (unpaired) electrons. The quantitative estimate of drug-likeness (QED) is 0.323. The summed E-state index contributed by atoms with van der Waals surface area (Å²) in [7, 11) is 0. The molecule has 4 aromatic rings. The molecule has 1 aliphatic rings. The first-order valence-corrected chi connectivity index (χ1v) is 11.7. The maximum atomic E-state index is 13.5. The average molecular weight is 463 g/mol. The van der Waals surface area contributed by atoms with Gasteiger partial charge in [-0.25, -0.2) is 0 Å². The molecule has 1 amide bonds. The number of nitrogens with zero attached hydrogens (tertiary/aromatic N) is 1. The Morgan fingerprint density at radius 3 is 2.50 bits per heavy atom. The van der Waals surface area contributed by atoms with Crippen LogP contribution in [-0.4, -0.2) is 22.3 Å². The Kier molecular flexibility index (Phi) is 5.48. The number of nitrogens with one attached hydrogen (secondary N) is 1. The van der Waals surface area contributed by atoms with E-state index < -0.39 is 0 Å². The van der Waals surface area contributed by atoms with Crippen LogP contribution in [-0.2, 0) is 0 Å². The fraction of sp³-hybridized carbons (Fsp3) is 0.222. The summed E-state index contributed by atoms with van der Waals surface area (Å²) in [5.41, 5.74) is 5.72. The molecule has 5 heteroatoms. The van der Waals surface area contributed by atoms with Crippen molar-refractivity contribution in [3.8, 4) is 11.3 Å². The van der Waals surface area contributed by atoms with E-state index in [1.807, 2.05) is 47.4 Å². The maximum Gasteiger partial charge on any atom is 0.255 e. The van der Waals surface area contributed by atoms with E-state index in [9.17, 15) is 4.79 Å². The summed E-state index contributed by atoms with van der Waals surface area (Å²) in [6, 6.07) is 21.5. The van der Waals surface area contributed by atoms with Gasteiger partial charge in [0.1, 0.15) is 0 Å². The Morgan fingerprint density at radius 1 is 0.969 bits per heavy atom. The third-order valence-electron chi connectivity index (χ3n) is 6.23. The molecule has 0 unspecified atom stereocenters. The van der Waals surface area contributed by atoms with Crippen molar-refractivity contribution in [2.24, 2.45) is 5.92 Å². The van der Waals surface area contributed by atoms with E-state index in [0.29, 0.717) is 22.5 Å². The van der Waals surface area contributed by atoms with Crippen molar-refractivity contribution >= 4 is 40.0 Å². The van der Waals surface area contributed by atoms with E-state index in [2.05, 4.69) is 37.0 Å². The molecular formula is C27H24Cl2N2O. The molecule has 0 saturated carbocycles. The molecule has 1 atom stereocenters. The Labute approximate surface area is 198 Å². The van der Waals surface area contributed by atoms with E-state index in [1.165, 1.54) is 0 Å². The van der Waals surface area contributed by atoms with Gasteiger partial charge < -0.3 is 9.88 Å².